The van der Waals surface area contributed by atoms with Crippen LogP contribution >= 0.6 is 0 Å². The Morgan fingerprint density at radius 1 is 1.25 bits per heavy atom. The van der Waals surface area contributed by atoms with Crippen LogP contribution in [0, 0.1) is 0 Å². The highest BCUT2D eigenvalue weighted by Crippen LogP contribution is 2.22. The summed E-state index contributed by atoms with van der Waals surface area (Å²) in [6, 6.07) is 4.42. The van der Waals surface area contributed by atoms with Gasteiger partial charge in [0.05, 0.1) is 6.42 Å². The zero-order valence-corrected chi connectivity index (χ0v) is 8.34. The van der Waals surface area contributed by atoms with Crippen LogP contribution in [0.2, 0.25) is 0 Å². The molecule has 0 heterocycles. The standard InChI is InChI=1S/C10H11NO5/c11-7-1-2-8(16-5-10(14)15)6(3-7)4-9(12)13/h1-3H,4-5,11H2,(H,12,13)(H,14,15). The summed E-state index contributed by atoms with van der Waals surface area (Å²) in [4.78, 5) is 20.9. The largest absolute Gasteiger partial charge is 0.482 e. The summed E-state index contributed by atoms with van der Waals surface area (Å²) < 4.78 is 4.94. The molecule has 0 amide bonds. The minimum Gasteiger partial charge on any atom is -0.482 e. The van der Waals surface area contributed by atoms with Crippen molar-refractivity contribution in [1.29, 1.82) is 0 Å². The number of aliphatic carboxylic acids is 2. The van der Waals surface area contributed by atoms with Crippen LogP contribution in [0.4, 0.5) is 5.69 Å². The molecular formula is C10H11NO5. The van der Waals surface area contributed by atoms with E-state index in [1.807, 2.05) is 0 Å². The van der Waals surface area contributed by atoms with Crippen LogP contribution < -0.4 is 10.5 Å². The first-order valence-electron chi connectivity index (χ1n) is 4.44. The number of ether oxygens (including phenoxy) is 1. The summed E-state index contributed by atoms with van der Waals surface area (Å²) in [7, 11) is 0. The van der Waals surface area contributed by atoms with Crippen molar-refractivity contribution in [1.82, 2.24) is 0 Å². The second-order valence-corrected chi connectivity index (χ2v) is 3.12. The van der Waals surface area contributed by atoms with E-state index in [1.54, 1.807) is 0 Å². The third-order valence-corrected chi connectivity index (χ3v) is 1.78. The maximum absolute atomic E-state index is 10.6. The van der Waals surface area contributed by atoms with Crippen LogP contribution in [0.15, 0.2) is 18.2 Å². The van der Waals surface area contributed by atoms with Gasteiger partial charge in [-0.1, -0.05) is 0 Å². The lowest BCUT2D eigenvalue weighted by Crippen LogP contribution is -2.12. The molecule has 0 spiro atoms. The summed E-state index contributed by atoms with van der Waals surface area (Å²) in [5.74, 6) is -1.94. The predicted molar refractivity (Wildman–Crippen MR) is 55.3 cm³/mol. The number of hydrogen-bond donors (Lipinski definition) is 3. The van der Waals surface area contributed by atoms with Crippen LogP contribution in [-0.4, -0.2) is 28.8 Å². The van der Waals surface area contributed by atoms with Gasteiger partial charge in [0.25, 0.3) is 0 Å². The smallest absolute Gasteiger partial charge is 0.341 e. The maximum Gasteiger partial charge on any atom is 0.341 e. The summed E-state index contributed by atoms with van der Waals surface area (Å²) in [6.45, 7) is -0.517. The van der Waals surface area contributed by atoms with Crippen molar-refractivity contribution in [3.8, 4) is 5.75 Å². The molecule has 0 aromatic heterocycles. The van der Waals surface area contributed by atoms with E-state index in [0.717, 1.165) is 0 Å². The Kier molecular flexibility index (Phi) is 3.71. The molecule has 6 nitrogen and oxygen atoms in total. The van der Waals surface area contributed by atoms with E-state index in [-0.39, 0.29) is 12.2 Å². The second kappa shape index (κ2) is 5.01. The van der Waals surface area contributed by atoms with Gasteiger partial charge in [0.15, 0.2) is 6.61 Å². The van der Waals surface area contributed by atoms with E-state index in [4.69, 9.17) is 20.7 Å². The Morgan fingerprint density at radius 2 is 1.94 bits per heavy atom. The lowest BCUT2D eigenvalue weighted by Gasteiger charge is -2.09. The zero-order chi connectivity index (χ0) is 12.1. The van der Waals surface area contributed by atoms with Gasteiger partial charge in [-0.15, -0.1) is 0 Å². The van der Waals surface area contributed by atoms with E-state index in [1.165, 1.54) is 18.2 Å². The van der Waals surface area contributed by atoms with Gasteiger partial charge < -0.3 is 20.7 Å². The molecule has 0 unspecified atom stereocenters. The fourth-order valence-electron chi connectivity index (χ4n) is 1.18. The molecular weight excluding hydrogens is 214 g/mol. The van der Waals surface area contributed by atoms with E-state index >= 15 is 0 Å². The SMILES string of the molecule is Nc1ccc(OCC(=O)O)c(CC(=O)O)c1. The number of rotatable bonds is 5. The molecule has 0 aliphatic rings. The van der Waals surface area contributed by atoms with Crippen molar-refractivity contribution < 1.29 is 24.5 Å². The molecule has 4 N–H and O–H groups in total. The average Bonchev–Trinajstić information content (AvgIpc) is 2.15. The molecule has 0 radical (unpaired) electrons. The van der Waals surface area contributed by atoms with Crippen molar-refractivity contribution in [2.75, 3.05) is 12.3 Å². The Morgan fingerprint density at radius 3 is 2.50 bits per heavy atom. The van der Waals surface area contributed by atoms with Crippen LogP contribution in [0.5, 0.6) is 5.75 Å². The lowest BCUT2D eigenvalue weighted by atomic mass is 10.1. The summed E-state index contributed by atoms with van der Waals surface area (Å²) in [5, 5.41) is 17.1. The Labute approximate surface area is 91.3 Å². The van der Waals surface area contributed by atoms with Crippen LogP contribution in [-0.2, 0) is 16.0 Å². The third kappa shape index (κ3) is 3.49. The topological polar surface area (TPSA) is 110 Å². The van der Waals surface area contributed by atoms with Gasteiger partial charge in [0, 0.05) is 11.3 Å². The minimum atomic E-state index is -1.13. The molecule has 0 aliphatic carbocycles. The van der Waals surface area contributed by atoms with Gasteiger partial charge in [0.2, 0.25) is 0 Å². The van der Waals surface area contributed by atoms with Crippen molar-refractivity contribution in [2.24, 2.45) is 0 Å². The number of nitrogen functional groups attached to an aromatic ring is 1. The highest BCUT2D eigenvalue weighted by atomic mass is 16.5. The summed E-state index contributed by atoms with van der Waals surface area (Å²) in [6.07, 6.45) is -0.264. The van der Waals surface area contributed by atoms with Crippen molar-refractivity contribution in [3.05, 3.63) is 23.8 Å². The molecule has 0 bridgehead atoms. The Bertz CT molecular complexity index is 416. The molecule has 1 aromatic rings. The first-order chi connectivity index (χ1) is 7.49. The number of benzene rings is 1. The number of carboxylic acid groups (broad SMARTS) is 2. The predicted octanol–water partition coefficient (Wildman–Crippen LogP) is 0.359. The van der Waals surface area contributed by atoms with Crippen LogP contribution in [0.3, 0.4) is 0 Å². The molecule has 0 atom stereocenters. The highest BCUT2D eigenvalue weighted by molar-refractivity contribution is 5.72. The van der Waals surface area contributed by atoms with Crippen LogP contribution in [0.25, 0.3) is 0 Å². The van der Waals surface area contributed by atoms with E-state index < -0.39 is 18.5 Å². The van der Waals surface area contributed by atoms with E-state index in [2.05, 4.69) is 0 Å². The van der Waals surface area contributed by atoms with E-state index in [0.29, 0.717) is 11.3 Å². The van der Waals surface area contributed by atoms with E-state index in [9.17, 15) is 9.59 Å². The molecule has 0 fully saturated rings. The molecule has 16 heavy (non-hydrogen) atoms. The maximum atomic E-state index is 10.6. The molecule has 86 valence electrons. The number of nitrogens with two attached hydrogens (primary N) is 1. The molecule has 1 aromatic carbocycles. The van der Waals surface area contributed by atoms with Gasteiger partial charge in [-0.2, -0.15) is 0 Å². The number of anilines is 1. The average molecular weight is 225 g/mol. The van der Waals surface area contributed by atoms with Gasteiger partial charge in [-0.05, 0) is 18.2 Å². The van der Waals surface area contributed by atoms with Crippen LogP contribution in [0.1, 0.15) is 5.56 Å². The fourth-order valence-corrected chi connectivity index (χ4v) is 1.18. The first-order valence-corrected chi connectivity index (χ1v) is 4.44. The van der Waals surface area contributed by atoms with Crippen molar-refractivity contribution >= 4 is 17.6 Å². The number of hydrogen-bond acceptors (Lipinski definition) is 4. The summed E-state index contributed by atoms with van der Waals surface area (Å²) >= 11 is 0. The molecule has 1 rings (SSSR count). The number of carbonyl (C=O) groups is 2. The number of carboxylic acids is 2. The summed E-state index contributed by atoms with van der Waals surface area (Å²) in [5.41, 5.74) is 6.25. The Hall–Kier alpha value is -2.24. The second-order valence-electron chi connectivity index (χ2n) is 3.12. The van der Waals surface area contributed by atoms with Crippen molar-refractivity contribution in [2.45, 2.75) is 6.42 Å². The minimum absolute atomic E-state index is 0.221. The zero-order valence-electron chi connectivity index (χ0n) is 8.34. The monoisotopic (exact) mass is 225 g/mol. The molecule has 0 saturated heterocycles. The molecule has 6 heteroatoms. The molecule has 0 saturated carbocycles. The van der Waals surface area contributed by atoms with Gasteiger partial charge >= 0.3 is 11.9 Å². The fraction of sp³-hybridized carbons (Fsp3) is 0.200. The third-order valence-electron chi connectivity index (χ3n) is 1.78. The first kappa shape index (κ1) is 11.8. The highest BCUT2D eigenvalue weighted by Gasteiger charge is 2.09. The lowest BCUT2D eigenvalue weighted by molar-refractivity contribution is -0.139. The van der Waals surface area contributed by atoms with Gasteiger partial charge in [-0.3, -0.25) is 4.79 Å². The Balaban J connectivity index is 2.88. The van der Waals surface area contributed by atoms with Gasteiger partial charge in [-0.25, -0.2) is 4.79 Å². The van der Waals surface area contributed by atoms with Gasteiger partial charge in [0.1, 0.15) is 5.75 Å². The quantitative estimate of drug-likeness (QED) is 0.624. The molecule has 0 aliphatic heterocycles. The van der Waals surface area contributed by atoms with Crippen molar-refractivity contribution in [3.63, 3.8) is 0 Å². The normalized spacial score (nSPS) is 9.75.